The van der Waals surface area contributed by atoms with Crippen LogP contribution in [-0.2, 0) is 14.3 Å². The zero-order valence-corrected chi connectivity index (χ0v) is 19.1. The molecule has 3 atom stereocenters. The van der Waals surface area contributed by atoms with E-state index in [1.807, 2.05) is 6.07 Å². The van der Waals surface area contributed by atoms with Gasteiger partial charge in [-0.25, -0.2) is 4.90 Å². The van der Waals surface area contributed by atoms with Gasteiger partial charge in [0.1, 0.15) is 11.9 Å². The number of hydrogen-bond acceptors (Lipinski definition) is 6. The molecule has 0 saturated carbocycles. The summed E-state index contributed by atoms with van der Waals surface area (Å²) in [6, 6.07) is 20.4. The van der Waals surface area contributed by atoms with E-state index >= 15 is 0 Å². The van der Waals surface area contributed by atoms with Gasteiger partial charge in [-0.05, 0) is 24.6 Å². The molecule has 0 aromatic heterocycles. The second-order valence-corrected chi connectivity index (χ2v) is 9.02. The van der Waals surface area contributed by atoms with E-state index in [2.05, 4.69) is 0 Å². The molecule has 3 aromatic carbocycles. The lowest BCUT2D eigenvalue weighted by atomic mass is 9.77. The van der Waals surface area contributed by atoms with Crippen molar-refractivity contribution < 1.29 is 28.7 Å². The predicted molar refractivity (Wildman–Crippen MR) is 125 cm³/mol. The molecule has 174 valence electrons. The molecule has 1 spiro atoms. The third-order valence-electron chi connectivity index (χ3n) is 7.32. The molecule has 0 radical (unpaired) electrons. The molecule has 0 N–H and O–H groups in total. The second-order valence-electron chi connectivity index (χ2n) is 9.02. The van der Waals surface area contributed by atoms with Crippen LogP contribution in [0.3, 0.4) is 0 Å². The van der Waals surface area contributed by atoms with Crippen molar-refractivity contribution in [3.63, 3.8) is 0 Å². The molecule has 2 saturated heterocycles. The Hall–Kier alpha value is -4.10. The van der Waals surface area contributed by atoms with E-state index in [0.29, 0.717) is 17.0 Å². The number of anilines is 1. The number of imide groups is 1. The van der Waals surface area contributed by atoms with E-state index < -0.39 is 46.9 Å². The number of carbonyl (C=O) groups excluding carboxylic acids is 4. The molecule has 3 aromatic rings. The Balaban J connectivity index is 1.58. The quantitative estimate of drug-likeness (QED) is 0.431. The van der Waals surface area contributed by atoms with Crippen LogP contribution in [0.25, 0.3) is 0 Å². The number of fused-ring (bicyclic) bond motifs is 3. The lowest BCUT2D eigenvalue weighted by Gasteiger charge is -2.28. The van der Waals surface area contributed by atoms with E-state index in [0.717, 1.165) is 10.5 Å². The van der Waals surface area contributed by atoms with Crippen LogP contribution < -0.4 is 9.64 Å². The van der Waals surface area contributed by atoms with Crippen molar-refractivity contribution >= 4 is 29.1 Å². The van der Waals surface area contributed by atoms with E-state index in [1.165, 1.54) is 7.11 Å². The number of para-hydroxylation sites is 2. The fourth-order valence-corrected chi connectivity index (χ4v) is 5.75. The van der Waals surface area contributed by atoms with Gasteiger partial charge in [-0.15, -0.1) is 0 Å². The van der Waals surface area contributed by atoms with Gasteiger partial charge in [0.05, 0.1) is 24.6 Å². The Morgan fingerprint density at radius 3 is 2.06 bits per heavy atom. The standard InChI is InChI=1S/C28H21NO6/c1-15-9-3-7-13-19(15)29-26(32)21-22(27(29)33)28(24(30)16-10-4-5-11-17(16)25(28)31)35-23(21)18-12-6-8-14-20(18)34-2/h3-14,21-23H,1-2H3/t21-,22-,23+/m1/s1. The maximum absolute atomic E-state index is 14.0. The molecule has 2 amide bonds. The first-order chi connectivity index (χ1) is 16.9. The van der Waals surface area contributed by atoms with Gasteiger partial charge >= 0.3 is 0 Å². The number of benzene rings is 3. The average Bonchev–Trinajstić information content (AvgIpc) is 3.44. The van der Waals surface area contributed by atoms with E-state index in [-0.39, 0.29) is 11.1 Å². The van der Waals surface area contributed by atoms with Crippen LogP contribution in [0.15, 0.2) is 72.8 Å². The molecule has 2 fully saturated rings. The Kier molecular flexibility index (Phi) is 4.56. The maximum Gasteiger partial charge on any atom is 0.241 e. The van der Waals surface area contributed by atoms with Gasteiger partial charge in [0, 0.05) is 16.7 Å². The van der Waals surface area contributed by atoms with Gasteiger partial charge in [0.15, 0.2) is 0 Å². The monoisotopic (exact) mass is 467 g/mol. The highest BCUT2D eigenvalue weighted by Crippen LogP contribution is 2.58. The summed E-state index contributed by atoms with van der Waals surface area (Å²) in [5.41, 5.74) is -0.0415. The van der Waals surface area contributed by atoms with Gasteiger partial charge in [-0.2, -0.15) is 0 Å². The number of methoxy groups -OCH3 is 1. The van der Waals surface area contributed by atoms with Crippen molar-refractivity contribution in [2.24, 2.45) is 11.8 Å². The number of rotatable bonds is 3. The first-order valence-corrected chi connectivity index (χ1v) is 11.3. The third-order valence-corrected chi connectivity index (χ3v) is 7.32. The molecule has 6 rings (SSSR count). The lowest BCUT2D eigenvalue weighted by Crippen LogP contribution is -2.51. The molecule has 0 unspecified atom stereocenters. The maximum atomic E-state index is 14.0. The number of nitrogens with zero attached hydrogens (tertiary/aromatic N) is 1. The molecule has 35 heavy (non-hydrogen) atoms. The number of Topliss-reactive ketones (excluding diaryl/α,β-unsaturated/α-hetero) is 2. The van der Waals surface area contributed by atoms with Crippen molar-refractivity contribution in [1.29, 1.82) is 0 Å². The smallest absolute Gasteiger partial charge is 0.241 e. The number of carbonyl (C=O) groups is 4. The van der Waals surface area contributed by atoms with Crippen LogP contribution in [0, 0.1) is 18.8 Å². The summed E-state index contributed by atoms with van der Waals surface area (Å²) in [4.78, 5) is 56.6. The molecular formula is C28H21NO6. The minimum Gasteiger partial charge on any atom is -0.496 e. The van der Waals surface area contributed by atoms with Crippen molar-refractivity contribution in [2.75, 3.05) is 12.0 Å². The highest BCUT2D eigenvalue weighted by Gasteiger charge is 2.75. The fraction of sp³-hybridized carbons (Fsp3) is 0.214. The van der Waals surface area contributed by atoms with Gasteiger partial charge in [-0.1, -0.05) is 60.7 Å². The second kappa shape index (κ2) is 7.45. The van der Waals surface area contributed by atoms with Crippen LogP contribution in [0.1, 0.15) is 37.9 Å². The summed E-state index contributed by atoms with van der Waals surface area (Å²) in [5, 5.41) is 0. The van der Waals surface area contributed by atoms with Crippen LogP contribution in [-0.4, -0.2) is 36.1 Å². The van der Waals surface area contributed by atoms with E-state index in [9.17, 15) is 19.2 Å². The number of ether oxygens (including phenoxy) is 2. The lowest BCUT2D eigenvalue weighted by molar-refractivity contribution is -0.127. The fourth-order valence-electron chi connectivity index (χ4n) is 5.75. The largest absolute Gasteiger partial charge is 0.496 e. The minimum absolute atomic E-state index is 0.200. The van der Waals surface area contributed by atoms with Crippen molar-refractivity contribution in [1.82, 2.24) is 0 Å². The van der Waals surface area contributed by atoms with Crippen LogP contribution >= 0.6 is 0 Å². The average molecular weight is 467 g/mol. The number of amides is 2. The van der Waals surface area contributed by atoms with Crippen molar-refractivity contribution in [3.8, 4) is 5.75 Å². The van der Waals surface area contributed by atoms with Gasteiger partial charge in [0.2, 0.25) is 29.0 Å². The summed E-state index contributed by atoms with van der Waals surface area (Å²) in [6.07, 6.45) is -1.02. The highest BCUT2D eigenvalue weighted by molar-refractivity contribution is 6.37. The predicted octanol–water partition coefficient (Wildman–Crippen LogP) is 3.70. The number of aryl methyl sites for hydroxylation is 1. The summed E-state index contributed by atoms with van der Waals surface area (Å²) >= 11 is 0. The zero-order chi connectivity index (χ0) is 24.5. The molecular weight excluding hydrogens is 446 g/mol. The summed E-state index contributed by atoms with van der Waals surface area (Å²) in [5.74, 6) is -4.20. The Morgan fingerprint density at radius 1 is 0.800 bits per heavy atom. The summed E-state index contributed by atoms with van der Waals surface area (Å²) < 4.78 is 11.8. The summed E-state index contributed by atoms with van der Waals surface area (Å²) in [6.45, 7) is 1.80. The molecule has 1 aliphatic carbocycles. The van der Waals surface area contributed by atoms with E-state index in [1.54, 1.807) is 73.7 Å². The van der Waals surface area contributed by atoms with Crippen molar-refractivity contribution in [2.45, 2.75) is 18.6 Å². The highest BCUT2D eigenvalue weighted by atomic mass is 16.5. The van der Waals surface area contributed by atoms with Crippen LogP contribution in [0.2, 0.25) is 0 Å². The molecule has 2 aliphatic heterocycles. The zero-order valence-electron chi connectivity index (χ0n) is 19.1. The molecule has 7 nitrogen and oxygen atoms in total. The SMILES string of the molecule is COc1ccccc1[C@@H]1OC2(C(=O)c3ccccc3C2=O)[C@H]2C(=O)N(c3ccccc3C)C(=O)[C@@H]12. The normalized spacial score (nSPS) is 24.3. The number of hydrogen-bond donors (Lipinski definition) is 0. The topological polar surface area (TPSA) is 90.0 Å². The number of ketones is 2. The Labute approximate surface area is 201 Å². The first-order valence-electron chi connectivity index (χ1n) is 11.3. The molecule has 3 aliphatic rings. The molecule has 0 bridgehead atoms. The van der Waals surface area contributed by atoms with Gasteiger partial charge in [0.25, 0.3) is 0 Å². The van der Waals surface area contributed by atoms with Crippen LogP contribution in [0.4, 0.5) is 5.69 Å². The summed E-state index contributed by atoms with van der Waals surface area (Å²) in [7, 11) is 1.49. The first kappa shape index (κ1) is 21.4. The van der Waals surface area contributed by atoms with Crippen LogP contribution in [0.5, 0.6) is 5.75 Å². The Bertz CT molecular complexity index is 1410. The molecule has 2 heterocycles. The van der Waals surface area contributed by atoms with E-state index in [4.69, 9.17) is 9.47 Å². The molecule has 7 heteroatoms. The minimum atomic E-state index is -2.11. The van der Waals surface area contributed by atoms with Gasteiger partial charge in [-0.3, -0.25) is 19.2 Å². The van der Waals surface area contributed by atoms with Gasteiger partial charge < -0.3 is 9.47 Å². The van der Waals surface area contributed by atoms with Crippen molar-refractivity contribution in [3.05, 3.63) is 95.1 Å². The third kappa shape index (κ3) is 2.64. The Morgan fingerprint density at radius 2 is 1.40 bits per heavy atom.